The van der Waals surface area contributed by atoms with E-state index in [1.54, 1.807) is 36.8 Å². The topological polar surface area (TPSA) is 116 Å². The molecule has 0 unspecified atom stereocenters. The SMILES string of the molecule is C=CS(=O)(=O)Nc1cccnc1-c1nccc2cnc(Nc3ccc(N4CCN(C)CC4)cc3)nc12. The highest BCUT2D eigenvalue weighted by Gasteiger charge is 2.17. The molecular formula is C25H26N8O2S. The second-order valence-electron chi connectivity index (χ2n) is 8.47. The van der Waals surface area contributed by atoms with Crippen molar-refractivity contribution < 1.29 is 8.42 Å². The van der Waals surface area contributed by atoms with Gasteiger partial charge >= 0.3 is 0 Å². The molecule has 184 valence electrons. The molecule has 4 aromatic rings. The maximum Gasteiger partial charge on any atom is 0.254 e. The largest absolute Gasteiger partial charge is 0.369 e. The molecule has 0 atom stereocenters. The van der Waals surface area contributed by atoms with E-state index in [2.05, 4.69) is 65.5 Å². The minimum Gasteiger partial charge on any atom is -0.369 e. The van der Waals surface area contributed by atoms with Gasteiger partial charge in [0, 0.05) is 66.9 Å². The third-order valence-corrected chi connectivity index (χ3v) is 6.94. The van der Waals surface area contributed by atoms with Gasteiger partial charge in [-0.2, -0.15) is 0 Å². The zero-order valence-corrected chi connectivity index (χ0v) is 20.6. The molecule has 0 spiro atoms. The Balaban J connectivity index is 1.44. The van der Waals surface area contributed by atoms with Crippen LogP contribution in [0, 0.1) is 0 Å². The van der Waals surface area contributed by atoms with E-state index in [-0.39, 0.29) is 5.69 Å². The maximum atomic E-state index is 12.1. The van der Waals surface area contributed by atoms with Crippen LogP contribution in [-0.2, 0) is 10.0 Å². The summed E-state index contributed by atoms with van der Waals surface area (Å²) in [7, 11) is -1.58. The summed E-state index contributed by atoms with van der Waals surface area (Å²) >= 11 is 0. The summed E-state index contributed by atoms with van der Waals surface area (Å²) in [6.07, 6.45) is 4.89. The lowest BCUT2D eigenvalue weighted by atomic mass is 10.1. The van der Waals surface area contributed by atoms with Gasteiger partial charge in [-0.15, -0.1) is 0 Å². The average molecular weight is 503 g/mol. The Kier molecular flexibility index (Phi) is 6.49. The van der Waals surface area contributed by atoms with Crippen LogP contribution < -0.4 is 14.9 Å². The van der Waals surface area contributed by atoms with Gasteiger partial charge in [-0.3, -0.25) is 14.7 Å². The number of fused-ring (bicyclic) bond motifs is 1. The molecule has 1 aliphatic rings. The molecular weight excluding hydrogens is 476 g/mol. The number of likely N-dealkylation sites (N-methyl/N-ethyl adjacent to an activating group) is 1. The smallest absolute Gasteiger partial charge is 0.254 e. The molecule has 1 aromatic carbocycles. The Morgan fingerprint density at radius 3 is 2.44 bits per heavy atom. The van der Waals surface area contributed by atoms with Gasteiger partial charge in [-0.1, -0.05) is 6.58 Å². The molecule has 0 amide bonds. The first-order chi connectivity index (χ1) is 17.4. The van der Waals surface area contributed by atoms with Crippen molar-refractivity contribution in [3.63, 3.8) is 0 Å². The molecule has 3 aromatic heterocycles. The van der Waals surface area contributed by atoms with E-state index < -0.39 is 10.0 Å². The second kappa shape index (κ2) is 9.88. The van der Waals surface area contributed by atoms with Crippen molar-refractivity contribution in [2.24, 2.45) is 0 Å². The fraction of sp³-hybridized carbons (Fsp3) is 0.200. The number of pyridine rings is 2. The van der Waals surface area contributed by atoms with Gasteiger partial charge in [0.15, 0.2) is 0 Å². The predicted octanol–water partition coefficient (Wildman–Crippen LogP) is 3.47. The number of nitrogens with zero attached hydrogens (tertiary/aromatic N) is 6. The lowest BCUT2D eigenvalue weighted by molar-refractivity contribution is 0.313. The summed E-state index contributed by atoms with van der Waals surface area (Å²) in [4.78, 5) is 22.7. The van der Waals surface area contributed by atoms with Gasteiger partial charge in [0.1, 0.15) is 16.9 Å². The number of rotatable bonds is 7. The summed E-state index contributed by atoms with van der Waals surface area (Å²) in [5, 5.41) is 4.85. The van der Waals surface area contributed by atoms with Crippen molar-refractivity contribution >= 4 is 43.9 Å². The lowest BCUT2D eigenvalue weighted by Crippen LogP contribution is -2.44. The van der Waals surface area contributed by atoms with Crippen molar-refractivity contribution in [3.8, 4) is 11.4 Å². The summed E-state index contributed by atoms with van der Waals surface area (Å²) in [6, 6.07) is 13.2. The molecule has 1 aliphatic heterocycles. The molecule has 10 nitrogen and oxygen atoms in total. The van der Waals surface area contributed by atoms with Crippen LogP contribution in [0.3, 0.4) is 0 Å². The summed E-state index contributed by atoms with van der Waals surface area (Å²) in [5.74, 6) is 0.397. The van der Waals surface area contributed by atoms with Crippen molar-refractivity contribution in [1.82, 2.24) is 24.8 Å². The lowest BCUT2D eigenvalue weighted by Gasteiger charge is -2.34. The van der Waals surface area contributed by atoms with E-state index in [0.717, 1.165) is 42.7 Å². The van der Waals surface area contributed by atoms with Gasteiger partial charge in [0.2, 0.25) is 5.95 Å². The molecule has 0 saturated carbocycles. The Morgan fingerprint density at radius 1 is 0.944 bits per heavy atom. The number of hydrogen-bond donors (Lipinski definition) is 2. The standard InChI is InChI=1S/C25H26N8O2S/c1-3-36(34,35)31-21-5-4-11-26-23(21)24-22-18(10-12-27-24)17-28-25(30-22)29-19-6-8-20(9-7-19)33-15-13-32(2)14-16-33/h3-12,17,31H,1,13-16H2,2H3,(H,28,29,30). The van der Waals surface area contributed by atoms with Crippen LogP contribution in [0.15, 0.2) is 73.0 Å². The number of hydrogen-bond acceptors (Lipinski definition) is 9. The van der Waals surface area contributed by atoms with E-state index in [1.165, 1.54) is 5.69 Å². The van der Waals surface area contributed by atoms with Gasteiger partial charge in [-0.05, 0) is 49.5 Å². The zero-order chi connectivity index (χ0) is 25.1. The Labute approximate surface area is 209 Å². The highest BCUT2D eigenvalue weighted by atomic mass is 32.2. The number of nitrogens with one attached hydrogen (secondary N) is 2. The summed E-state index contributed by atoms with van der Waals surface area (Å²) < 4.78 is 26.7. The first-order valence-electron chi connectivity index (χ1n) is 11.4. The number of benzene rings is 1. The zero-order valence-electron chi connectivity index (χ0n) is 19.8. The van der Waals surface area contributed by atoms with Crippen molar-refractivity contribution in [2.75, 3.05) is 48.2 Å². The number of piperazine rings is 1. The van der Waals surface area contributed by atoms with Gasteiger partial charge in [0.25, 0.3) is 10.0 Å². The highest BCUT2D eigenvalue weighted by Crippen LogP contribution is 2.30. The van der Waals surface area contributed by atoms with E-state index in [9.17, 15) is 8.42 Å². The normalized spacial score (nSPS) is 14.5. The molecule has 11 heteroatoms. The molecule has 0 radical (unpaired) electrons. The Morgan fingerprint density at radius 2 is 1.69 bits per heavy atom. The van der Waals surface area contributed by atoms with Gasteiger partial charge in [0.05, 0.1) is 5.69 Å². The highest BCUT2D eigenvalue weighted by molar-refractivity contribution is 7.95. The summed E-state index contributed by atoms with van der Waals surface area (Å²) in [6.45, 7) is 7.46. The molecule has 1 saturated heterocycles. The molecule has 2 N–H and O–H groups in total. The first kappa shape index (κ1) is 23.6. The van der Waals surface area contributed by atoms with E-state index >= 15 is 0 Å². The molecule has 0 aliphatic carbocycles. The predicted molar refractivity (Wildman–Crippen MR) is 143 cm³/mol. The fourth-order valence-corrected chi connectivity index (χ4v) is 4.56. The number of anilines is 4. The molecule has 36 heavy (non-hydrogen) atoms. The van der Waals surface area contributed by atoms with Crippen LogP contribution >= 0.6 is 0 Å². The van der Waals surface area contributed by atoms with Crippen LogP contribution in [-0.4, -0.2) is 66.5 Å². The van der Waals surface area contributed by atoms with Gasteiger partial charge < -0.3 is 15.1 Å². The van der Waals surface area contributed by atoms with Crippen LogP contribution in [0.2, 0.25) is 0 Å². The van der Waals surface area contributed by atoms with Crippen LogP contribution in [0.5, 0.6) is 0 Å². The Hall–Kier alpha value is -4.09. The van der Waals surface area contributed by atoms with Crippen molar-refractivity contribution in [1.29, 1.82) is 0 Å². The average Bonchev–Trinajstić information content (AvgIpc) is 2.89. The van der Waals surface area contributed by atoms with E-state index in [0.29, 0.717) is 22.9 Å². The number of aromatic nitrogens is 4. The van der Waals surface area contributed by atoms with Crippen LogP contribution in [0.1, 0.15) is 0 Å². The van der Waals surface area contributed by atoms with Crippen LogP contribution in [0.25, 0.3) is 22.3 Å². The first-order valence-corrected chi connectivity index (χ1v) is 13.0. The van der Waals surface area contributed by atoms with E-state index in [1.807, 2.05) is 12.1 Å². The summed E-state index contributed by atoms with van der Waals surface area (Å²) in [5.41, 5.74) is 3.66. The quantitative estimate of drug-likeness (QED) is 0.392. The third kappa shape index (κ3) is 5.11. The number of sulfonamides is 1. The Bertz CT molecular complexity index is 1500. The van der Waals surface area contributed by atoms with Crippen molar-refractivity contribution in [3.05, 3.63) is 73.0 Å². The molecule has 4 heterocycles. The molecule has 0 bridgehead atoms. The maximum absolute atomic E-state index is 12.1. The van der Waals surface area contributed by atoms with E-state index in [4.69, 9.17) is 0 Å². The van der Waals surface area contributed by atoms with Crippen LogP contribution in [0.4, 0.5) is 23.0 Å². The monoisotopic (exact) mass is 502 g/mol. The minimum absolute atomic E-state index is 0.282. The fourth-order valence-electron chi connectivity index (χ4n) is 4.01. The van der Waals surface area contributed by atoms with Crippen molar-refractivity contribution in [2.45, 2.75) is 0 Å². The third-order valence-electron chi connectivity index (χ3n) is 5.99. The minimum atomic E-state index is -3.72. The van der Waals surface area contributed by atoms with Gasteiger partial charge in [-0.25, -0.2) is 18.4 Å². The molecule has 5 rings (SSSR count). The second-order valence-corrected chi connectivity index (χ2v) is 10.1. The molecule has 1 fully saturated rings.